The van der Waals surface area contributed by atoms with Crippen LogP contribution in [-0.4, -0.2) is 16.6 Å². The minimum absolute atomic E-state index is 0.00986. The zero-order valence-corrected chi connectivity index (χ0v) is 7.82. The number of hydrogen-bond acceptors (Lipinski definition) is 3. The molecule has 0 aromatic rings. The highest BCUT2D eigenvalue weighted by Gasteiger charge is 2.12. The van der Waals surface area contributed by atoms with Gasteiger partial charge in [-0.2, -0.15) is 0 Å². The summed E-state index contributed by atoms with van der Waals surface area (Å²) in [5.74, 6) is 0.0120. The van der Waals surface area contributed by atoms with Crippen molar-refractivity contribution in [2.75, 3.05) is 0 Å². The van der Waals surface area contributed by atoms with Crippen molar-refractivity contribution in [1.82, 2.24) is 0 Å². The van der Waals surface area contributed by atoms with Crippen molar-refractivity contribution in [3.63, 3.8) is 0 Å². The average molecular weight is 179 g/mol. The highest BCUT2D eigenvalue weighted by molar-refractivity contribution is 6.44. The van der Waals surface area contributed by atoms with Gasteiger partial charge in [-0.15, -0.1) is 0 Å². The summed E-state index contributed by atoms with van der Waals surface area (Å²) in [6.45, 7) is 3.37. The topological polar surface area (TPSA) is 49.7 Å². The minimum Gasteiger partial charge on any atom is -0.506 e. The molecule has 13 heavy (non-hydrogen) atoms. The number of ketones is 1. The van der Waals surface area contributed by atoms with Crippen LogP contribution in [0, 0.1) is 5.92 Å². The van der Waals surface area contributed by atoms with E-state index in [0.29, 0.717) is 0 Å². The molecule has 1 heterocycles. The third kappa shape index (κ3) is 2.54. The third-order valence-corrected chi connectivity index (χ3v) is 1.84. The third-order valence-electron chi connectivity index (χ3n) is 1.84. The van der Waals surface area contributed by atoms with Crippen LogP contribution in [0.25, 0.3) is 0 Å². The van der Waals surface area contributed by atoms with Crippen LogP contribution in [0.3, 0.4) is 0 Å². The second kappa shape index (κ2) is 4.03. The Morgan fingerprint density at radius 1 is 1.69 bits per heavy atom. The van der Waals surface area contributed by atoms with Crippen LogP contribution in [0.1, 0.15) is 20.3 Å². The molecule has 0 amide bonds. The second-order valence-corrected chi connectivity index (χ2v) is 3.18. The first-order valence-electron chi connectivity index (χ1n) is 4.26. The van der Waals surface area contributed by atoms with Crippen molar-refractivity contribution in [2.45, 2.75) is 20.3 Å². The van der Waals surface area contributed by atoms with Gasteiger partial charge in [0, 0.05) is 13.1 Å². The van der Waals surface area contributed by atoms with Crippen molar-refractivity contribution in [2.24, 2.45) is 10.9 Å². The van der Waals surface area contributed by atoms with E-state index in [1.165, 1.54) is 6.92 Å². The van der Waals surface area contributed by atoms with Crippen molar-refractivity contribution >= 4 is 11.5 Å². The Balaban J connectivity index is 3.03. The Hall–Kier alpha value is -1.38. The number of aliphatic imine (C=N–C) groups is 1. The number of aliphatic hydroxyl groups excluding tert-OH is 1. The normalized spacial score (nSPS) is 25.2. The maximum absolute atomic E-state index is 11.0. The van der Waals surface area contributed by atoms with Crippen molar-refractivity contribution in [3.05, 3.63) is 24.1 Å². The second-order valence-electron chi connectivity index (χ2n) is 3.18. The number of carbonyl (C=O) groups is 1. The Morgan fingerprint density at radius 2 is 2.38 bits per heavy atom. The van der Waals surface area contributed by atoms with Gasteiger partial charge in [0.2, 0.25) is 0 Å². The standard InChI is InChI=1S/C10H13NO2/c1-7-4-3-5-11-10(8(2)12)9(13)6-7/h3,5-7,13H,4H2,1-2H3/b5-3+,9-6?,11-10?. The van der Waals surface area contributed by atoms with E-state index < -0.39 is 0 Å². The molecule has 0 saturated heterocycles. The molecule has 1 atom stereocenters. The predicted molar refractivity (Wildman–Crippen MR) is 51.7 cm³/mol. The van der Waals surface area contributed by atoms with E-state index in [1.54, 1.807) is 12.3 Å². The van der Waals surface area contributed by atoms with E-state index >= 15 is 0 Å². The van der Waals surface area contributed by atoms with Gasteiger partial charge in [-0.1, -0.05) is 13.0 Å². The first-order chi connectivity index (χ1) is 6.11. The summed E-state index contributed by atoms with van der Waals surface area (Å²) >= 11 is 0. The van der Waals surface area contributed by atoms with Gasteiger partial charge >= 0.3 is 0 Å². The van der Waals surface area contributed by atoms with Crippen LogP contribution >= 0.6 is 0 Å². The Morgan fingerprint density at radius 3 is 3.00 bits per heavy atom. The van der Waals surface area contributed by atoms with E-state index in [0.717, 1.165) is 6.42 Å². The van der Waals surface area contributed by atoms with E-state index in [2.05, 4.69) is 4.99 Å². The lowest BCUT2D eigenvalue weighted by Gasteiger charge is -2.07. The van der Waals surface area contributed by atoms with E-state index in [9.17, 15) is 9.90 Å². The number of hydrogen-bond donors (Lipinski definition) is 1. The summed E-state index contributed by atoms with van der Waals surface area (Å²) in [6, 6.07) is 0. The molecule has 1 aliphatic rings. The van der Waals surface area contributed by atoms with Gasteiger partial charge in [0.25, 0.3) is 0 Å². The Labute approximate surface area is 77.5 Å². The molecule has 70 valence electrons. The van der Waals surface area contributed by atoms with Gasteiger partial charge in [0.1, 0.15) is 11.5 Å². The van der Waals surface area contributed by atoms with Gasteiger partial charge in [-0.25, -0.2) is 4.99 Å². The van der Waals surface area contributed by atoms with Crippen LogP contribution in [0.4, 0.5) is 0 Å². The molecule has 3 heteroatoms. The number of rotatable bonds is 1. The van der Waals surface area contributed by atoms with E-state index in [1.807, 2.05) is 13.0 Å². The smallest absolute Gasteiger partial charge is 0.181 e. The molecule has 0 aromatic carbocycles. The van der Waals surface area contributed by atoms with E-state index in [4.69, 9.17) is 0 Å². The molecule has 1 unspecified atom stereocenters. The van der Waals surface area contributed by atoms with Gasteiger partial charge < -0.3 is 5.11 Å². The Kier molecular flexibility index (Phi) is 3.01. The molecule has 0 saturated carbocycles. The molecule has 0 aliphatic carbocycles. The zero-order chi connectivity index (χ0) is 9.84. The SMILES string of the molecule is CC(=O)C1=N/C=C/CC(C)C=C1O. The summed E-state index contributed by atoms with van der Waals surface area (Å²) in [7, 11) is 0. The summed E-state index contributed by atoms with van der Waals surface area (Å²) < 4.78 is 0. The van der Waals surface area contributed by atoms with Crippen LogP contribution in [-0.2, 0) is 4.79 Å². The summed E-state index contributed by atoms with van der Waals surface area (Å²) in [4.78, 5) is 14.9. The molecular formula is C10H13NO2. The quantitative estimate of drug-likeness (QED) is 0.669. The zero-order valence-electron chi connectivity index (χ0n) is 7.82. The maximum Gasteiger partial charge on any atom is 0.181 e. The van der Waals surface area contributed by atoms with Gasteiger partial charge in [-0.3, -0.25) is 4.79 Å². The fraction of sp³-hybridized carbons (Fsp3) is 0.400. The number of carbonyl (C=O) groups excluding carboxylic acids is 1. The number of nitrogens with zero attached hydrogens (tertiary/aromatic N) is 1. The summed E-state index contributed by atoms with van der Waals surface area (Å²) in [6.07, 6.45) is 5.94. The highest BCUT2D eigenvalue weighted by atomic mass is 16.3. The first kappa shape index (κ1) is 9.71. The molecular weight excluding hydrogens is 166 g/mol. The molecule has 0 radical (unpaired) electrons. The lowest BCUT2D eigenvalue weighted by Crippen LogP contribution is -2.14. The van der Waals surface area contributed by atoms with Crippen molar-refractivity contribution in [3.8, 4) is 0 Å². The molecule has 3 nitrogen and oxygen atoms in total. The van der Waals surface area contributed by atoms with Crippen LogP contribution in [0.5, 0.6) is 0 Å². The molecule has 1 rings (SSSR count). The predicted octanol–water partition coefficient (Wildman–Crippen LogP) is 2.01. The molecule has 1 aliphatic heterocycles. The number of Topliss-reactive ketones (excluding diaryl/α,β-unsaturated/α-hetero) is 1. The maximum atomic E-state index is 11.0. The summed E-state index contributed by atoms with van der Waals surface area (Å²) in [5.41, 5.74) is 0.141. The van der Waals surface area contributed by atoms with Crippen LogP contribution in [0.15, 0.2) is 29.1 Å². The van der Waals surface area contributed by atoms with Crippen LogP contribution in [0.2, 0.25) is 0 Å². The molecule has 0 spiro atoms. The lowest BCUT2D eigenvalue weighted by molar-refractivity contribution is -0.111. The monoisotopic (exact) mass is 179 g/mol. The largest absolute Gasteiger partial charge is 0.506 e. The molecule has 0 fully saturated rings. The van der Waals surface area contributed by atoms with Crippen molar-refractivity contribution in [1.29, 1.82) is 0 Å². The summed E-state index contributed by atoms with van der Waals surface area (Å²) in [5, 5.41) is 9.49. The number of aliphatic hydroxyl groups is 1. The van der Waals surface area contributed by atoms with E-state index in [-0.39, 0.29) is 23.2 Å². The van der Waals surface area contributed by atoms with Gasteiger partial charge in [0.15, 0.2) is 5.78 Å². The highest BCUT2D eigenvalue weighted by Crippen LogP contribution is 2.11. The molecule has 0 bridgehead atoms. The number of allylic oxidation sites excluding steroid dienone is 3. The van der Waals surface area contributed by atoms with Gasteiger partial charge in [-0.05, 0) is 18.4 Å². The average Bonchev–Trinajstić information content (AvgIpc) is 1.99. The fourth-order valence-corrected chi connectivity index (χ4v) is 1.16. The Bertz CT molecular complexity index is 300. The molecule has 0 aromatic heterocycles. The van der Waals surface area contributed by atoms with Crippen molar-refractivity contribution < 1.29 is 9.90 Å². The lowest BCUT2D eigenvalue weighted by atomic mass is 10.0. The fourth-order valence-electron chi connectivity index (χ4n) is 1.16. The van der Waals surface area contributed by atoms with Crippen LogP contribution < -0.4 is 0 Å². The minimum atomic E-state index is -0.215. The van der Waals surface area contributed by atoms with Gasteiger partial charge in [0.05, 0.1) is 0 Å². The first-order valence-corrected chi connectivity index (χ1v) is 4.26. The molecule has 1 N–H and O–H groups in total.